The molecular weight excluding hydrogens is 404 g/mol. The summed E-state index contributed by atoms with van der Waals surface area (Å²) in [5.74, 6) is 1.23. The fourth-order valence-corrected chi connectivity index (χ4v) is 6.94. The van der Waals surface area contributed by atoms with E-state index in [2.05, 4.69) is 5.10 Å². The van der Waals surface area contributed by atoms with Crippen molar-refractivity contribution in [1.82, 2.24) is 9.78 Å². The molecular formula is C22H26N2O5S. The van der Waals surface area contributed by atoms with Gasteiger partial charge in [0.1, 0.15) is 0 Å². The Morgan fingerprint density at radius 1 is 1.27 bits per heavy atom. The number of carbonyl (C=O) groups excluding carboxylic acids is 2. The van der Waals surface area contributed by atoms with Crippen molar-refractivity contribution in [2.45, 2.75) is 64.5 Å². The van der Waals surface area contributed by atoms with E-state index in [0.717, 1.165) is 28.8 Å². The molecule has 0 amide bonds. The van der Waals surface area contributed by atoms with Gasteiger partial charge in [0.25, 0.3) is 5.89 Å². The molecule has 2 aromatic rings. The number of Topliss-reactive ketones (excluding diaryl/α,β-unsaturated/α-hetero) is 1. The van der Waals surface area contributed by atoms with E-state index in [9.17, 15) is 14.4 Å². The number of rotatable bonds is 7. The average Bonchev–Trinajstić information content (AvgIpc) is 3.34. The molecule has 0 radical (unpaired) electrons. The number of ketones is 1. The smallest absolute Gasteiger partial charge is 0.437 e. The van der Waals surface area contributed by atoms with Crippen molar-refractivity contribution in [3.05, 3.63) is 28.1 Å². The summed E-state index contributed by atoms with van der Waals surface area (Å²) in [5, 5.41) is 6.01. The third-order valence-corrected chi connectivity index (χ3v) is 7.96. The van der Waals surface area contributed by atoms with Crippen LogP contribution in [-0.4, -0.2) is 27.6 Å². The standard InChI is InChI=1S/C22H26N2O5S/c1-13(19(26)22-10-14-7-15(11-22)9-16(8-14)12-22)28-18(25)4-5-24-21(27)29-20(23-24)17-3-2-6-30-17/h2-3,6,13-16H,4-5,7-12H2,1H3/t13-,14?,15?,16?,22?/m0/s1. The van der Waals surface area contributed by atoms with Crippen molar-refractivity contribution in [3.63, 3.8) is 0 Å². The monoisotopic (exact) mass is 430 g/mol. The van der Waals surface area contributed by atoms with Gasteiger partial charge in [0.15, 0.2) is 11.9 Å². The summed E-state index contributed by atoms with van der Waals surface area (Å²) in [5.41, 5.74) is -0.285. The van der Waals surface area contributed by atoms with E-state index in [-0.39, 0.29) is 30.1 Å². The van der Waals surface area contributed by atoms with Crippen LogP contribution in [0.3, 0.4) is 0 Å². The first-order valence-corrected chi connectivity index (χ1v) is 11.7. The lowest BCUT2D eigenvalue weighted by molar-refractivity contribution is -0.165. The maximum atomic E-state index is 13.2. The van der Waals surface area contributed by atoms with Gasteiger partial charge in [0.05, 0.1) is 17.8 Å². The Hall–Kier alpha value is -2.22. The number of aryl methyl sites for hydroxylation is 1. The topological polar surface area (TPSA) is 91.4 Å². The molecule has 4 bridgehead atoms. The number of aromatic nitrogens is 2. The average molecular weight is 431 g/mol. The zero-order valence-electron chi connectivity index (χ0n) is 17.0. The van der Waals surface area contributed by atoms with Crippen LogP contribution in [0.2, 0.25) is 0 Å². The molecule has 4 fully saturated rings. The number of nitrogens with zero attached hydrogens (tertiary/aromatic N) is 2. The Morgan fingerprint density at radius 2 is 1.93 bits per heavy atom. The molecule has 0 spiro atoms. The SMILES string of the molecule is C[C@H](OC(=O)CCn1nc(-c2cccs2)oc1=O)C(=O)C12CC3CC(CC(C3)C1)C2. The molecule has 0 aromatic carbocycles. The second-order valence-corrected chi connectivity index (χ2v) is 10.3. The second kappa shape index (κ2) is 7.48. The highest BCUT2D eigenvalue weighted by Gasteiger charge is 2.55. The van der Waals surface area contributed by atoms with Crippen molar-refractivity contribution < 1.29 is 18.7 Å². The number of hydrogen-bond acceptors (Lipinski definition) is 7. The van der Waals surface area contributed by atoms with E-state index >= 15 is 0 Å². The quantitative estimate of drug-likeness (QED) is 0.623. The van der Waals surface area contributed by atoms with Crippen LogP contribution in [0.4, 0.5) is 0 Å². The van der Waals surface area contributed by atoms with Gasteiger partial charge in [-0.1, -0.05) is 6.07 Å². The van der Waals surface area contributed by atoms with E-state index in [1.165, 1.54) is 30.6 Å². The van der Waals surface area contributed by atoms with Crippen LogP contribution in [0.15, 0.2) is 26.7 Å². The Labute approximate surface area is 178 Å². The van der Waals surface area contributed by atoms with Crippen LogP contribution < -0.4 is 5.76 Å². The maximum absolute atomic E-state index is 13.2. The molecule has 4 saturated carbocycles. The molecule has 8 heteroatoms. The van der Waals surface area contributed by atoms with Gasteiger partial charge in [-0.3, -0.25) is 9.59 Å². The van der Waals surface area contributed by atoms with Crippen LogP contribution in [0.1, 0.15) is 51.9 Å². The van der Waals surface area contributed by atoms with E-state index in [1.807, 2.05) is 17.5 Å². The van der Waals surface area contributed by atoms with Crippen molar-refractivity contribution >= 4 is 23.1 Å². The third kappa shape index (κ3) is 3.55. The number of hydrogen-bond donors (Lipinski definition) is 0. The second-order valence-electron chi connectivity index (χ2n) is 9.32. The number of carbonyl (C=O) groups is 2. The van der Waals surface area contributed by atoms with Crippen LogP contribution in [0.25, 0.3) is 10.8 Å². The van der Waals surface area contributed by atoms with Gasteiger partial charge in [-0.25, -0.2) is 4.79 Å². The van der Waals surface area contributed by atoms with Crippen LogP contribution >= 0.6 is 11.3 Å². The first-order chi connectivity index (χ1) is 14.4. The summed E-state index contributed by atoms with van der Waals surface area (Å²) >= 11 is 1.42. The third-order valence-electron chi connectivity index (χ3n) is 7.10. The first-order valence-electron chi connectivity index (χ1n) is 10.8. The lowest BCUT2D eigenvalue weighted by Crippen LogP contribution is -2.52. The van der Waals surface area contributed by atoms with Gasteiger partial charge >= 0.3 is 11.7 Å². The highest BCUT2D eigenvalue weighted by atomic mass is 32.1. The maximum Gasteiger partial charge on any atom is 0.437 e. The lowest BCUT2D eigenvalue weighted by atomic mass is 9.48. The molecule has 0 N–H and O–H groups in total. The highest BCUT2D eigenvalue weighted by molar-refractivity contribution is 7.13. The molecule has 0 unspecified atom stereocenters. The van der Waals surface area contributed by atoms with E-state index in [1.54, 1.807) is 6.92 Å². The zero-order chi connectivity index (χ0) is 20.9. The summed E-state index contributed by atoms with van der Waals surface area (Å²) in [6.45, 7) is 1.75. The molecule has 30 heavy (non-hydrogen) atoms. The summed E-state index contributed by atoms with van der Waals surface area (Å²) in [4.78, 5) is 38.3. The van der Waals surface area contributed by atoms with E-state index in [0.29, 0.717) is 17.8 Å². The highest BCUT2D eigenvalue weighted by Crippen LogP contribution is 2.60. The Kier molecular flexibility index (Phi) is 4.92. The van der Waals surface area contributed by atoms with Gasteiger partial charge < -0.3 is 9.15 Å². The summed E-state index contributed by atoms with van der Waals surface area (Å²) in [6, 6.07) is 3.66. The molecule has 2 aromatic heterocycles. The van der Waals surface area contributed by atoms with Crippen molar-refractivity contribution in [3.8, 4) is 10.8 Å². The molecule has 0 saturated heterocycles. The van der Waals surface area contributed by atoms with Gasteiger partial charge in [0.2, 0.25) is 0 Å². The lowest BCUT2D eigenvalue weighted by Gasteiger charge is -2.56. The summed E-state index contributed by atoms with van der Waals surface area (Å²) in [7, 11) is 0. The minimum Gasteiger partial charge on any atom is -0.455 e. The molecule has 2 heterocycles. The molecule has 4 aliphatic rings. The van der Waals surface area contributed by atoms with Crippen molar-refractivity contribution in [2.24, 2.45) is 23.2 Å². The zero-order valence-corrected chi connectivity index (χ0v) is 17.9. The van der Waals surface area contributed by atoms with E-state index < -0.39 is 17.8 Å². The minimum atomic E-state index is -0.746. The first kappa shape index (κ1) is 19.7. The molecule has 7 nitrogen and oxygen atoms in total. The fraction of sp³-hybridized carbons (Fsp3) is 0.636. The van der Waals surface area contributed by atoms with E-state index in [4.69, 9.17) is 9.15 Å². The van der Waals surface area contributed by atoms with Crippen LogP contribution in [0, 0.1) is 23.2 Å². The predicted molar refractivity (Wildman–Crippen MR) is 110 cm³/mol. The van der Waals surface area contributed by atoms with Crippen molar-refractivity contribution in [2.75, 3.05) is 0 Å². The number of esters is 1. The predicted octanol–water partition coefficient (Wildman–Crippen LogP) is 3.67. The molecule has 4 aliphatic carbocycles. The summed E-state index contributed by atoms with van der Waals surface area (Å²) < 4.78 is 11.8. The summed E-state index contributed by atoms with van der Waals surface area (Å²) in [6.07, 6.45) is 5.89. The Balaban J connectivity index is 1.18. The minimum absolute atomic E-state index is 0.0329. The molecule has 6 rings (SSSR count). The normalized spacial score (nSPS) is 30.4. The molecule has 0 aliphatic heterocycles. The van der Waals surface area contributed by atoms with Gasteiger partial charge in [0, 0.05) is 5.41 Å². The largest absolute Gasteiger partial charge is 0.455 e. The van der Waals surface area contributed by atoms with Crippen molar-refractivity contribution in [1.29, 1.82) is 0 Å². The number of thiophene rings is 1. The van der Waals surface area contributed by atoms with Crippen LogP contribution in [-0.2, 0) is 20.9 Å². The van der Waals surface area contributed by atoms with Gasteiger partial charge in [-0.15, -0.1) is 16.4 Å². The van der Waals surface area contributed by atoms with Gasteiger partial charge in [-0.05, 0) is 74.6 Å². The fourth-order valence-electron chi connectivity index (χ4n) is 6.30. The molecule has 1 atom stereocenters. The Morgan fingerprint density at radius 3 is 2.53 bits per heavy atom. The Bertz CT molecular complexity index is 970. The van der Waals surface area contributed by atoms with Crippen LogP contribution in [0.5, 0.6) is 0 Å². The van der Waals surface area contributed by atoms with Gasteiger partial charge in [-0.2, -0.15) is 4.68 Å². The molecule has 160 valence electrons. The number of ether oxygens (including phenoxy) is 1.